The predicted molar refractivity (Wildman–Crippen MR) is 119 cm³/mol. The van der Waals surface area contributed by atoms with Gasteiger partial charge in [-0.2, -0.15) is 0 Å². The maximum atomic E-state index is 12.1. The van der Waals surface area contributed by atoms with E-state index in [9.17, 15) is 4.79 Å². The Bertz CT molecular complexity index is 717. The molecule has 2 N–H and O–H groups in total. The number of likely N-dealkylation sites (tertiary alicyclic amines) is 1. The van der Waals surface area contributed by atoms with Crippen LogP contribution >= 0.6 is 0 Å². The van der Waals surface area contributed by atoms with Crippen LogP contribution in [-0.4, -0.2) is 61.4 Å². The van der Waals surface area contributed by atoms with Gasteiger partial charge in [-0.15, -0.1) is 0 Å². The number of benzene rings is 1. The van der Waals surface area contributed by atoms with Crippen LogP contribution in [0.5, 0.6) is 0 Å². The van der Waals surface area contributed by atoms with Crippen molar-refractivity contribution in [3.63, 3.8) is 0 Å². The topological polar surface area (TPSA) is 75.2 Å². The summed E-state index contributed by atoms with van der Waals surface area (Å²) in [4.78, 5) is 19.2. The van der Waals surface area contributed by atoms with Crippen molar-refractivity contribution in [3.8, 4) is 0 Å². The first-order valence-electron chi connectivity index (χ1n) is 11.0. The Kier molecular flexibility index (Phi) is 7.58. The predicted octanol–water partition coefficient (Wildman–Crippen LogP) is 3.33. The first-order valence-corrected chi connectivity index (χ1v) is 11.0. The molecular formula is C23H36N4O3. The second kappa shape index (κ2) is 10.2. The number of nitrogens with zero attached hydrogens (tertiary/aromatic N) is 2. The smallest absolute Gasteiger partial charge is 0.407 e. The Hall–Kier alpha value is -2.28. The summed E-state index contributed by atoms with van der Waals surface area (Å²) in [5.74, 6) is 1.28. The van der Waals surface area contributed by atoms with Gasteiger partial charge in [-0.1, -0.05) is 30.3 Å². The summed E-state index contributed by atoms with van der Waals surface area (Å²) >= 11 is 0. The molecule has 7 heteroatoms. The van der Waals surface area contributed by atoms with Gasteiger partial charge in [0.1, 0.15) is 5.60 Å². The summed E-state index contributed by atoms with van der Waals surface area (Å²) in [6, 6.07) is 10.5. The lowest BCUT2D eigenvalue weighted by molar-refractivity contribution is 0.0507. The average Bonchev–Trinajstić information content (AvgIpc) is 3.34. The fraction of sp³-hybridized carbons (Fsp3) is 0.652. The SMILES string of the molecule is CCNC(=NCC1CCOC1c1ccccc1)N1CC[C@@H](NC(=O)OC(C)(C)C)C1. The van der Waals surface area contributed by atoms with Crippen LogP contribution < -0.4 is 10.6 Å². The molecule has 166 valence electrons. The number of guanidine groups is 1. The van der Waals surface area contributed by atoms with Gasteiger partial charge >= 0.3 is 6.09 Å². The lowest BCUT2D eigenvalue weighted by Crippen LogP contribution is -2.44. The second-order valence-electron chi connectivity index (χ2n) is 9.02. The van der Waals surface area contributed by atoms with Crippen molar-refractivity contribution in [3.05, 3.63) is 35.9 Å². The minimum atomic E-state index is -0.489. The molecule has 1 aromatic rings. The number of ether oxygens (including phenoxy) is 2. The lowest BCUT2D eigenvalue weighted by Gasteiger charge is -2.24. The zero-order chi connectivity index (χ0) is 21.6. The highest BCUT2D eigenvalue weighted by molar-refractivity contribution is 5.80. The minimum absolute atomic E-state index is 0.0654. The molecule has 0 aliphatic carbocycles. The highest BCUT2D eigenvalue weighted by Gasteiger charge is 2.31. The van der Waals surface area contributed by atoms with Gasteiger partial charge in [0.25, 0.3) is 0 Å². The minimum Gasteiger partial charge on any atom is -0.444 e. The Labute approximate surface area is 180 Å². The molecule has 0 radical (unpaired) electrons. The van der Waals surface area contributed by atoms with Crippen LogP contribution in [0.25, 0.3) is 0 Å². The molecule has 2 saturated heterocycles. The summed E-state index contributed by atoms with van der Waals surface area (Å²) < 4.78 is 11.4. The van der Waals surface area contributed by atoms with Crippen LogP contribution in [-0.2, 0) is 9.47 Å². The van der Waals surface area contributed by atoms with Crippen molar-refractivity contribution in [1.82, 2.24) is 15.5 Å². The average molecular weight is 417 g/mol. The molecule has 3 atom stereocenters. The van der Waals surface area contributed by atoms with Crippen molar-refractivity contribution in [1.29, 1.82) is 0 Å². The number of nitrogens with one attached hydrogen (secondary N) is 2. The third kappa shape index (κ3) is 6.36. The van der Waals surface area contributed by atoms with Crippen molar-refractivity contribution < 1.29 is 14.3 Å². The van der Waals surface area contributed by atoms with Crippen LogP contribution in [0.2, 0.25) is 0 Å². The third-order valence-corrected chi connectivity index (χ3v) is 5.36. The maximum absolute atomic E-state index is 12.1. The molecule has 0 saturated carbocycles. The van der Waals surface area contributed by atoms with E-state index in [1.54, 1.807) is 0 Å². The highest BCUT2D eigenvalue weighted by Crippen LogP contribution is 2.34. The van der Waals surface area contributed by atoms with Gasteiger partial charge in [-0.05, 0) is 46.1 Å². The van der Waals surface area contributed by atoms with Gasteiger partial charge in [0.05, 0.1) is 12.1 Å². The van der Waals surface area contributed by atoms with Crippen LogP contribution in [0, 0.1) is 5.92 Å². The maximum Gasteiger partial charge on any atom is 0.407 e. The first kappa shape index (κ1) is 22.4. The molecule has 2 aliphatic rings. The second-order valence-corrected chi connectivity index (χ2v) is 9.02. The Balaban J connectivity index is 1.57. The van der Waals surface area contributed by atoms with E-state index in [2.05, 4.69) is 46.7 Å². The molecule has 7 nitrogen and oxygen atoms in total. The van der Waals surface area contributed by atoms with Crippen molar-refractivity contribution >= 4 is 12.1 Å². The number of amides is 1. The summed E-state index contributed by atoms with van der Waals surface area (Å²) in [5.41, 5.74) is 0.736. The van der Waals surface area contributed by atoms with E-state index >= 15 is 0 Å². The lowest BCUT2D eigenvalue weighted by atomic mass is 9.95. The van der Waals surface area contributed by atoms with Crippen molar-refractivity contribution in [2.75, 3.05) is 32.8 Å². The van der Waals surface area contributed by atoms with E-state index in [4.69, 9.17) is 14.5 Å². The van der Waals surface area contributed by atoms with Gasteiger partial charge in [-0.3, -0.25) is 4.99 Å². The Morgan fingerprint density at radius 3 is 2.73 bits per heavy atom. The standard InChI is InChI=1S/C23H36N4O3/c1-5-24-21(27-13-11-19(16-27)26-22(28)30-23(2,3)4)25-15-18-12-14-29-20(18)17-9-7-6-8-10-17/h6-10,18-20H,5,11-16H2,1-4H3,(H,24,25)(H,26,28)/t18?,19-,20?/m1/s1. The highest BCUT2D eigenvalue weighted by atomic mass is 16.6. The number of rotatable bonds is 5. The summed E-state index contributed by atoms with van der Waals surface area (Å²) in [6.45, 7) is 11.6. The van der Waals surface area contributed by atoms with Crippen molar-refractivity contribution in [2.45, 2.75) is 58.3 Å². The van der Waals surface area contributed by atoms with Crippen LogP contribution in [0.3, 0.4) is 0 Å². The monoisotopic (exact) mass is 416 g/mol. The van der Waals surface area contributed by atoms with Crippen LogP contribution in [0.4, 0.5) is 4.79 Å². The van der Waals surface area contributed by atoms with Gasteiger partial charge < -0.3 is 25.0 Å². The van der Waals surface area contributed by atoms with E-state index in [1.165, 1.54) is 5.56 Å². The molecule has 0 spiro atoms. The van der Waals surface area contributed by atoms with Gasteiger partial charge in [0.15, 0.2) is 5.96 Å². The largest absolute Gasteiger partial charge is 0.444 e. The summed E-state index contributed by atoms with van der Waals surface area (Å²) in [5, 5.41) is 6.39. The van der Waals surface area contributed by atoms with E-state index in [0.29, 0.717) is 5.92 Å². The number of carbonyl (C=O) groups is 1. The zero-order valence-corrected chi connectivity index (χ0v) is 18.7. The zero-order valence-electron chi connectivity index (χ0n) is 18.7. The molecule has 1 aromatic carbocycles. The first-order chi connectivity index (χ1) is 14.4. The van der Waals surface area contributed by atoms with Gasteiger partial charge in [0, 0.05) is 38.7 Å². The van der Waals surface area contributed by atoms with E-state index in [-0.39, 0.29) is 18.2 Å². The molecule has 0 aromatic heterocycles. The number of aliphatic imine (C=N–C) groups is 1. The number of hydrogen-bond donors (Lipinski definition) is 2. The quantitative estimate of drug-likeness (QED) is 0.569. The fourth-order valence-electron chi connectivity index (χ4n) is 4.01. The molecule has 30 heavy (non-hydrogen) atoms. The summed E-state index contributed by atoms with van der Waals surface area (Å²) in [7, 11) is 0. The molecule has 2 aliphatic heterocycles. The number of hydrogen-bond acceptors (Lipinski definition) is 4. The molecule has 1 amide bonds. The van der Waals surface area contributed by atoms with Gasteiger partial charge in [-0.25, -0.2) is 4.79 Å². The summed E-state index contributed by atoms with van der Waals surface area (Å²) in [6.07, 6.45) is 1.65. The number of carbonyl (C=O) groups excluding carboxylic acids is 1. The van der Waals surface area contributed by atoms with E-state index < -0.39 is 5.60 Å². The molecule has 2 heterocycles. The molecule has 0 bridgehead atoms. The van der Waals surface area contributed by atoms with Gasteiger partial charge in [0.2, 0.25) is 0 Å². The van der Waals surface area contributed by atoms with Crippen molar-refractivity contribution in [2.24, 2.45) is 10.9 Å². The van der Waals surface area contributed by atoms with E-state index in [1.807, 2.05) is 26.8 Å². The molecular weight excluding hydrogens is 380 g/mol. The van der Waals surface area contributed by atoms with Crippen LogP contribution in [0.15, 0.2) is 35.3 Å². The fourth-order valence-corrected chi connectivity index (χ4v) is 4.01. The Morgan fingerprint density at radius 2 is 2.03 bits per heavy atom. The normalized spacial score (nSPS) is 24.7. The Morgan fingerprint density at radius 1 is 1.27 bits per heavy atom. The van der Waals surface area contributed by atoms with E-state index in [0.717, 1.165) is 51.6 Å². The molecule has 3 rings (SSSR count). The number of alkyl carbamates (subject to hydrolysis) is 1. The molecule has 2 unspecified atom stereocenters. The molecule has 2 fully saturated rings. The third-order valence-electron chi connectivity index (χ3n) is 5.36. The van der Waals surface area contributed by atoms with Crippen LogP contribution in [0.1, 0.15) is 52.2 Å².